The number of rotatable bonds is 5. The van der Waals surface area contributed by atoms with E-state index in [0.717, 1.165) is 0 Å². The van der Waals surface area contributed by atoms with Crippen molar-refractivity contribution in [1.82, 2.24) is 9.97 Å². The van der Waals surface area contributed by atoms with Crippen LogP contribution in [0.25, 0.3) is 22.7 Å². The molecule has 0 aliphatic heterocycles. The Hall–Kier alpha value is -4.39. The van der Waals surface area contributed by atoms with Gasteiger partial charge in [-0.25, -0.2) is 9.78 Å². The standard InChI is InChI=1S/C23H19N5O2/c24-21(29)18(15-7-3-1-4-8-15)13-16-14-26-22-20(16)19(11-12-25-22)28-23(30)27-17-9-5-2-6-10-17/h1-14H,(H2,24,29)(H3,25,26,27,28,30)/b18-13+. The number of pyridine rings is 1. The van der Waals surface area contributed by atoms with Crippen LogP contribution in [0.15, 0.2) is 79.1 Å². The number of aromatic amines is 1. The number of fused-ring (bicyclic) bond motifs is 1. The molecule has 2 heterocycles. The van der Waals surface area contributed by atoms with E-state index in [1.165, 1.54) is 0 Å². The number of nitrogens with one attached hydrogen (secondary N) is 3. The molecule has 0 atom stereocenters. The highest BCUT2D eigenvalue weighted by Crippen LogP contribution is 2.29. The number of nitrogens with zero attached hydrogens (tertiary/aromatic N) is 1. The second kappa shape index (κ2) is 8.32. The molecule has 0 saturated carbocycles. The number of amides is 3. The van der Waals surface area contributed by atoms with Crippen molar-refractivity contribution in [3.8, 4) is 0 Å². The summed E-state index contributed by atoms with van der Waals surface area (Å²) in [6.07, 6.45) is 5.01. The lowest BCUT2D eigenvalue weighted by Gasteiger charge is -2.09. The van der Waals surface area contributed by atoms with E-state index in [1.807, 2.05) is 48.5 Å². The predicted molar refractivity (Wildman–Crippen MR) is 119 cm³/mol. The Morgan fingerprint density at radius 2 is 1.63 bits per heavy atom. The third kappa shape index (κ3) is 4.05. The van der Waals surface area contributed by atoms with Crippen molar-refractivity contribution in [2.75, 3.05) is 10.6 Å². The minimum Gasteiger partial charge on any atom is -0.366 e. The van der Waals surface area contributed by atoms with E-state index in [9.17, 15) is 9.59 Å². The number of primary amides is 1. The average molecular weight is 397 g/mol. The smallest absolute Gasteiger partial charge is 0.323 e. The monoisotopic (exact) mass is 397 g/mol. The van der Waals surface area contributed by atoms with Gasteiger partial charge in [0.15, 0.2) is 0 Å². The van der Waals surface area contributed by atoms with Gasteiger partial charge in [0.1, 0.15) is 5.65 Å². The first-order valence-corrected chi connectivity index (χ1v) is 9.28. The van der Waals surface area contributed by atoms with Gasteiger partial charge in [0.05, 0.1) is 5.69 Å². The molecule has 0 aliphatic carbocycles. The van der Waals surface area contributed by atoms with E-state index in [1.54, 1.807) is 36.7 Å². The maximum atomic E-state index is 12.5. The van der Waals surface area contributed by atoms with Gasteiger partial charge in [0.25, 0.3) is 0 Å². The first kappa shape index (κ1) is 18.9. The minimum atomic E-state index is -0.546. The normalized spacial score (nSPS) is 11.3. The molecule has 0 unspecified atom stereocenters. The number of aromatic nitrogens is 2. The number of carbonyl (C=O) groups is 2. The number of urea groups is 1. The third-order valence-corrected chi connectivity index (χ3v) is 4.53. The average Bonchev–Trinajstić information content (AvgIpc) is 3.17. The number of carbonyl (C=O) groups excluding carboxylic acids is 2. The molecule has 148 valence electrons. The molecule has 0 fully saturated rings. The van der Waals surface area contributed by atoms with E-state index < -0.39 is 5.91 Å². The fraction of sp³-hybridized carbons (Fsp3) is 0. The summed E-state index contributed by atoms with van der Waals surface area (Å²) in [7, 11) is 0. The van der Waals surface area contributed by atoms with Crippen molar-refractivity contribution in [3.05, 3.63) is 90.3 Å². The number of hydrogen-bond acceptors (Lipinski definition) is 3. The molecule has 3 amide bonds. The highest BCUT2D eigenvalue weighted by molar-refractivity contribution is 6.24. The zero-order valence-corrected chi connectivity index (χ0v) is 15.9. The molecule has 30 heavy (non-hydrogen) atoms. The van der Waals surface area contributed by atoms with Crippen LogP contribution in [-0.2, 0) is 4.79 Å². The van der Waals surface area contributed by atoms with Gasteiger partial charge in [-0.3, -0.25) is 4.79 Å². The van der Waals surface area contributed by atoms with Crippen LogP contribution in [0.4, 0.5) is 16.2 Å². The summed E-state index contributed by atoms with van der Waals surface area (Å²) >= 11 is 0. The zero-order valence-electron chi connectivity index (χ0n) is 15.9. The van der Waals surface area contributed by atoms with Crippen molar-refractivity contribution in [2.45, 2.75) is 0 Å². The fourth-order valence-electron chi connectivity index (χ4n) is 3.18. The summed E-state index contributed by atoms with van der Waals surface area (Å²) < 4.78 is 0. The summed E-state index contributed by atoms with van der Waals surface area (Å²) in [5, 5.41) is 6.30. The molecule has 2 aromatic carbocycles. The Labute approximate surface area is 172 Å². The van der Waals surface area contributed by atoms with Crippen LogP contribution in [-0.4, -0.2) is 21.9 Å². The zero-order chi connectivity index (χ0) is 20.9. The Morgan fingerprint density at radius 3 is 2.33 bits per heavy atom. The minimum absolute atomic E-state index is 0.361. The summed E-state index contributed by atoms with van der Waals surface area (Å²) in [6.45, 7) is 0. The van der Waals surface area contributed by atoms with Crippen molar-refractivity contribution < 1.29 is 9.59 Å². The van der Waals surface area contributed by atoms with Gasteiger partial charge in [-0.2, -0.15) is 0 Å². The summed E-state index contributed by atoms with van der Waals surface area (Å²) in [6, 6.07) is 19.6. The molecule has 0 spiro atoms. The van der Waals surface area contributed by atoms with Crippen LogP contribution in [0.5, 0.6) is 0 Å². The maximum absolute atomic E-state index is 12.5. The van der Waals surface area contributed by atoms with Crippen LogP contribution in [0.1, 0.15) is 11.1 Å². The Morgan fingerprint density at radius 1 is 0.933 bits per heavy atom. The molecule has 7 heteroatoms. The molecular formula is C23H19N5O2. The number of benzene rings is 2. The lowest BCUT2D eigenvalue weighted by atomic mass is 10.0. The van der Waals surface area contributed by atoms with Gasteiger partial charge in [-0.05, 0) is 29.8 Å². The number of para-hydroxylation sites is 1. The second-order valence-electron chi connectivity index (χ2n) is 6.56. The Balaban J connectivity index is 1.70. The van der Waals surface area contributed by atoms with Gasteiger partial charge in [-0.1, -0.05) is 48.5 Å². The van der Waals surface area contributed by atoms with Gasteiger partial charge >= 0.3 is 6.03 Å². The highest BCUT2D eigenvalue weighted by atomic mass is 16.2. The Bertz CT molecular complexity index is 1230. The van der Waals surface area contributed by atoms with Crippen molar-refractivity contribution in [1.29, 1.82) is 0 Å². The molecule has 0 radical (unpaired) electrons. The molecule has 0 bridgehead atoms. The first-order chi connectivity index (χ1) is 14.6. The lowest BCUT2D eigenvalue weighted by molar-refractivity contribution is -0.112. The van der Waals surface area contributed by atoms with Gasteiger partial charge in [0, 0.05) is 34.6 Å². The summed E-state index contributed by atoms with van der Waals surface area (Å²) in [4.78, 5) is 31.9. The molecule has 7 nitrogen and oxygen atoms in total. The van der Waals surface area contributed by atoms with Crippen LogP contribution in [0.3, 0.4) is 0 Å². The van der Waals surface area contributed by atoms with Crippen molar-refractivity contribution in [3.63, 3.8) is 0 Å². The quantitative estimate of drug-likeness (QED) is 0.378. The molecule has 4 rings (SSSR count). The van der Waals surface area contributed by atoms with E-state index >= 15 is 0 Å². The number of nitrogens with two attached hydrogens (primary N) is 1. The fourth-order valence-corrected chi connectivity index (χ4v) is 3.18. The Kier molecular flexibility index (Phi) is 5.25. The van der Waals surface area contributed by atoms with Crippen LogP contribution >= 0.6 is 0 Å². The highest BCUT2D eigenvalue weighted by Gasteiger charge is 2.14. The molecule has 2 aromatic heterocycles. The molecule has 0 aliphatic rings. The predicted octanol–water partition coefficient (Wildman–Crippen LogP) is 4.23. The van der Waals surface area contributed by atoms with Crippen molar-refractivity contribution >= 4 is 46.0 Å². The van der Waals surface area contributed by atoms with Gasteiger partial charge in [-0.15, -0.1) is 0 Å². The molecule has 5 N–H and O–H groups in total. The van der Waals surface area contributed by atoms with Crippen LogP contribution in [0, 0.1) is 0 Å². The second-order valence-corrected chi connectivity index (χ2v) is 6.56. The third-order valence-electron chi connectivity index (χ3n) is 4.53. The SMILES string of the molecule is NC(=O)/C(=C/c1c[nH]c2nccc(NC(=O)Nc3ccccc3)c12)c1ccccc1. The van der Waals surface area contributed by atoms with E-state index in [0.29, 0.717) is 39.1 Å². The van der Waals surface area contributed by atoms with E-state index in [4.69, 9.17) is 5.73 Å². The van der Waals surface area contributed by atoms with Gasteiger partial charge in [0.2, 0.25) is 5.91 Å². The van der Waals surface area contributed by atoms with E-state index in [2.05, 4.69) is 20.6 Å². The van der Waals surface area contributed by atoms with Crippen LogP contribution in [0.2, 0.25) is 0 Å². The summed E-state index contributed by atoms with van der Waals surface area (Å²) in [5.74, 6) is -0.546. The molecular weight excluding hydrogens is 378 g/mol. The summed E-state index contributed by atoms with van der Waals surface area (Å²) in [5.41, 5.74) is 9.18. The van der Waals surface area contributed by atoms with Crippen molar-refractivity contribution in [2.24, 2.45) is 5.73 Å². The maximum Gasteiger partial charge on any atom is 0.323 e. The van der Waals surface area contributed by atoms with Gasteiger partial charge < -0.3 is 21.4 Å². The topological polar surface area (TPSA) is 113 Å². The molecule has 4 aromatic rings. The number of hydrogen-bond donors (Lipinski definition) is 4. The number of H-pyrrole nitrogens is 1. The molecule has 0 saturated heterocycles. The van der Waals surface area contributed by atoms with E-state index in [-0.39, 0.29) is 6.03 Å². The lowest BCUT2D eigenvalue weighted by Crippen LogP contribution is -2.19. The number of anilines is 2. The first-order valence-electron chi connectivity index (χ1n) is 9.28. The largest absolute Gasteiger partial charge is 0.366 e. The van der Waals surface area contributed by atoms with Crippen LogP contribution < -0.4 is 16.4 Å².